The number of benzene rings is 2. The Hall–Kier alpha value is -2.17. The van der Waals surface area contributed by atoms with E-state index in [-0.39, 0.29) is 11.9 Å². The van der Waals surface area contributed by atoms with Crippen LogP contribution in [0.25, 0.3) is 10.6 Å². The second kappa shape index (κ2) is 6.62. The Morgan fingerprint density at radius 2 is 2.12 bits per heavy atom. The smallest absolute Gasteiger partial charge is 0.233 e. The molecule has 0 N–H and O–H groups in total. The van der Waals surface area contributed by atoms with E-state index in [1.807, 2.05) is 52.7 Å². The zero-order valence-corrected chi connectivity index (χ0v) is 15.3. The van der Waals surface area contributed by atoms with Gasteiger partial charge in [0, 0.05) is 27.7 Å². The predicted octanol–water partition coefficient (Wildman–Crippen LogP) is 4.98. The lowest BCUT2D eigenvalue weighted by Gasteiger charge is -2.22. The minimum Gasteiger partial charge on any atom is -0.309 e. The summed E-state index contributed by atoms with van der Waals surface area (Å²) in [5.74, 6) is 0.0976. The van der Waals surface area contributed by atoms with Gasteiger partial charge in [-0.2, -0.15) is 0 Å². The number of fused-ring (bicyclic) bond motifs is 1. The Kier molecular flexibility index (Phi) is 4.32. The molecule has 0 radical (unpaired) electrons. The third kappa shape index (κ3) is 3.20. The maximum atomic E-state index is 12.9. The first-order valence-electron chi connectivity index (χ1n) is 8.22. The van der Waals surface area contributed by atoms with E-state index < -0.39 is 0 Å². The molecule has 1 aliphatic heterocycles. The van der Waals surface area contributed by atoms with E-state index in [0.29, 0.717) is 11.4 Å². The molecule has 0 saturated carbocycles. The minimum absolute atomic E-state index is 0.0976. The van der Waals surface area contributed by atoms with Crippen molar-refractivity contribution in [2.24, 2.45) is 0 Å². The summed E-state index contributed by atoms with van der Waals surface area (Å²) in [7, 11) is 0. The maximum absolute atomic E-state index is 12.9. The summed E-state index contributed by atoms with van der Waals surface area (Å²) in [5, 5.41) is 3.54. The number of para-hydroxylation sites is 1. The van der Waals surface area contributed by atoms with Crippen molar-refractivity contribution in [2.75, 3.05) is 4.90 Å². The van der Waals surface area contributed by atoms with Gasteiger partial charge in [0.15, 0.2) is 0 Å². The zero-order chi connectivity index (χ0) is 17.4. The van der Waals surface area contributed by atoms with Gasteiger partial charge in [-0.25, -0.2) is 4.98 Å². The van der Waals surface area contributed by atoms with Crippen molar-refractivity contribution < 1.29 is 4.79 Å². The Labute approximate surface area is 155 Å². The number of carbonyl (C=O) groups excluding carboxylic acids is 1. The number of rotatable bonds is 3. The molecule has 0 bridgehead atoms. The first kappa shape index (κ1) is 16.3. The Morgan fingerprint density at radius 3 is 2.96 bits per heavy atom. The normalized spacial score (nSPS) is 16.1. The number of halogens is 1. The largest absolute Gasteiger partial charge is 0.309 e. The molecule has 4 rings (SSSR count). The van der Waals surface area contributed by atoms with Crippen molar-refractivity contribution in [2.45, 2.75) is 25.8 Å². The van der Waals surface area contributed by atoms with E-state index in [1.165, 1.54) is 5.56 Å². The molecule has 0 fully saturated rings. The molecular weight excluding hydrogens is 352 g/mol. The number of amides is 1. The van der Waals surface area contributed by atoms with Gasteiger partial charge in [-0.15, -0.1) is 11.3 Å². The lowest BCUT2D eigenvalue weighted by Crippen LogP contribution is -2.36. The summed E-state index contributed by atoms with van der Waals surface area (Å²) in [5.41, 5.74) is 4.06. The number of thiazole rings is 1. The number of carbonyl (C=O) groups is 1. The molecule has 25 heavy (non-hydrogen) atoms. The fourth-order valence-electron chi connectivity index (χ4n) is 3.33. The fraction of sp³-hybridized carbons (Fsp3) is 0.200. The van der Waals surface area contributed by atoms with Gasteiger partial charge in [0.1, 0.15) is 5.01 Å². The molecule has 1 atom stereocenters. The van der Waals surface area contributed by atoms with Gasteiger partial charge in [-0.05, 0) is 37.1 Å². The average molecular weight is 369 g/mol. The minimum atomic E-state index is 0.0976. The predicted molar refractivity (Wildman–Crippen MR) is 103 cm³/mol. The molecule has 1 aromatic heterocycles. The molecule has 0 saturated heterocycles. The van der Waals surface area contributed by atoms with Gasteiger partial charge in [0.2, 0.25) is 5.91 Å². The highest BCUT2D eigenvalue weighted by Gasteiger charge is 2.30. The first-order valence-corrected chi connectivity index (χ1v) is 9.48. The highest BCUT2D eigenvalue weighted by atomic mass is 35.5. The van der Waals surface area contributed by atoms with Crippen LogP contribution in [0.15, 0.2) is 53.9 Å². The van der Waals surface area contributed by atoms with Crippen LogP contribution in [0.4, 0.5) is 5.69 Å². The Balaban J connectivity index is 1.54. The summed E-state index contributed by atoms with van der Waals surface area (Å²) in [6.07, 6.45) is 1.22. The highest BCUT2D eigenvalue weighted by molar-refractivity contribution is 7.13. The standard InChI is InChI=1S/C20H17ClN2OS/c1-13-9-14-5-2-3-8-18(14)23(13)19(24)11-17-12-25-20(22-17)15-6-4-7-16(21)10-15/h2-8,10,12-13H,9,11H2,1H3. The summed E-state index contributed by atoms with van der Waals surface area (Å²) < 4.78 is 0. The quantitative estimate of drug-likeness (QED) is 0.653. The van der Waals surface area contributed by atoms with Crippen LogP contribution in [0.5, 0.6) is 0 Å². The molecule has 0 aliphatic carbocycles. The highest BCUT2D eigenvalue weighted by Crippen LogP contribution is 2.33. The van der Waals surface area contributed by atoms with Gasteiger partial charge in [0.25, 0.3) is 0 Å². The van der Waals surface area contributed by atoms with Crippen LogP contribution in [0.3, 0.4) is 0 Å². The van der Waals surface area contributed by atoms with E-state index >= 15 is 0 Å². The third-order valence-electron chi connectivity index (χ3n) is 4.43. The van der Waals surface area contributed by atoms with Gasteiger partial charge in [0.05, 0.1) is 12.1 Å². The summed E-state index contributed by atoms with van der Waals surface area (Å²) in [6.45, 7) is 2.09. The van der Waals surface area contributed by atoms with E-state index in [2.05, 4.69) is 18.0 Å². The van der Waals surface area contributed by atoms with E-state index in [4.69, 9.17) is 11.6 Å². The van der Waals surface area contributed by atoms with Gasteiger partial charge >= 0.3 is 0 Å². The molecule has 126 valence electrons. The average Bonchev–Trinajstić information content (AvgIpc) is 3.18. The van der Waals surface area contributed by atoms with E-state index in [9.17, 15) is 4.79 Å². The molecule has 2 aromatic carbocycles. The van der Waals surface area contributed by atoms with Gasteiger partial charge in [-0.1, -0.05) is 41.9 Å². The number of hydrogen-bond donors (Lipinski definition) is 0. The summed E-state index contributed by atoms with van der Waals surface area (Å²) in [6, 6.07) is 15.9. The molecule has 3 nitrogen and oxygen atoms in total. The van der Waals surface area contributed by atoms with Crippen LogP contribution in [-0.2, 0) is 17.6 Å². The number of aromatic nitrogens is 1. The SMILES string of the molecule is CC1Cc2ccccc2N1C(=O)Cc1csc(-c2cccc(Cl)c2)n1. The molecule has 0 spiro atoms. The van der Waals surface area contributed by atoms with E-state index in [1.54, 1.807) is 11.3 Å². The topological polar surface area (TPSA) is 33.2 Å². The molecular formula is C20H17ClN2OS. The van der Waals surface area contributed by atoms with Crippen LogP contribution in [0.2, 0.25) is 5.02 Å². The van der Waals surface area contributed by atoms with Crippen molar-refractivity contribution in [1.82, 2.24) is 4.98 Å². The maximum Gasteiger partial charge on any atom is 0.233 e. The molecule has 1 aliphatic rings. The second-order valence-corrected chi connectivity index (χ2v) is 7.57. The Morgan fingerprint density at radius 1 is 1.28 bits per heavy atom. The lowest BCUT2D eigenvalue weighted by atomic mass is 10.1. The van der Waals surface area contributed by atoms with Crippen molar-refractivity contribution in [3.63, 3.8) is 0 Å². The molecule has 3 aromatic rings. The van der Waals surface area contributed by atoms with Crippen LogP contribution in [0, 0.1) is 0 Å². The zero-order valence-electron chi connectivity index (χ0n) is 13.8. The second-order valence-electron chi connectivity index (χ2n) is 6.28. The van der Waals surface area contributed by atoms with E-state index in [0.717, 1.165) is 28.4 Å². The fourth-order valence-corrected chi connectivity index (χ4v) is 4.33. The summed E-state index contributed by atoms with van der Waals surface area (Å²) in [4.78, 5) is 19.4. The van der Waals surface area contributed by atoms with Crippen molar-refractivity contribution >= 4 is 34.5 Å². The Bertz CT molecular complexity index is 937. The van der Waals surface area contributed by atoms with Gasteiger partial charge in [-0.3, -0.25) is 4.79 Å². The van der Waals surface area contributed by atoms with Crippen molar-refractivity contribution in [1.29, 1.82) is 0 Å². The van der Waals surface area contributed by atoms with Crippen LogP contribution >= 0.6 is 22.9 Å². The molecule has 5 heteroatoms. The van der Waals surface area contributed by atoms with Crippen molar-refractivity contribution in [3.8, 4) is 10.6 Å². The van der Waals surface area contributed by atoms with Crippen molar-refractivity contribution in [3.05, 3.63) is 70.2 Å². The number of hydrogen-bond acceptors (Lipinski definition) is 3. The number of nitrogens with zero attached hydrogens (tertiary/aromatic N) is 2. The first-order chi connectivity index (χ1) is 12.1. The van der Waals surface area contributed by atoms with Crippen LogP contribution < -0.4 is 4.90 Å². The van der Waals surface area contributed by atoms with Gasteiger partial charge < -0.3 is 4.90 Å². The monoisotopic (exact) mass is 368 g/mol. The van der Waals surface area contributed by atoms with Crippen LogP contribution in [-0.4, -0.2) is 16.9 Å². The lowest BCUT2D eigenvalue weighted by molar-refractivity contribution is -0.118. The summed E-state index contributed by atoms with van der Waals surface area (Å²) >= 11 is 7.59. The molecule has 1 amide bonds. The third-order valence-corrected chi connectivity index (χ3v) is 5.61. The molecule has 2 heterocycles. The van der Waals surface area contributed by atoms with Crippen LogP contribution in [0.1, 0.15) is 18.2 Å². The molecule has 1 unspecified atom stereocenters. The number of anilines is 1.